The van der Waals surface area contributed by atoms with Crippen LogP contribution in [0.1, 0.15) is 25.3 Å². The molecule has 0 saturated carbocycles. The summed E-state index contributed by atoms with van der Waals surface area (Å²) in [7, 11) is 0. The van der Waals surface area contributed by atoms with E-state index in [4.69, 9.17) is 0 Å². The summed E-state index contributed by atoms with van der Waals surface area (Å²) in [5.41, 5.74) is -0.0424. The molecule has 2 rings (SSSR count). The molecule has 0 unspecified atom stereocenters. The Labute approximate surface area is 118 Å². The number of hydrogen-bond acceptors (Lipinski definition) is 2. The quantitative estimate of drug-likeness (QED) is 0.859. The summed E-state index contributed by atoms with van der Waals surface area (Å²) in [6.45, 7) is 2.75. The van der Waals surface area contributed by atoms with Gasteiger partial charge in [-0.3, -0.25) is 9.59 Å². The summed E-state index contributed by atoms with van der Waals surface area (Å²) in [6.07, 6.45) is 4.14. The molecule has 4 nitrogen and oxygen atoms in total. The van der Waals surface area contributed by atoms with Crippen LogP contribution in [0, 0.1) is 0 Å². The van der Waals surface area contributed by atoms with Gasteiger partial charge in [-0.05, 0) is 31.4 Å². The Morgan fingerprint density at radius 1 is 1.20 bits per heavy atom. The van der Waals surface area contributed by atoms with Crippen molar-refractivity contribution >= 4 is 11.9 Å². The average Bonchev–Trinajstić information content (AvgIpc) is 2.48. The Kier molecular flexibility index (Phi) is 4.23. The number of rotatable bonds is 3. The van der Waals surface area contributed by atoms with Crippen LogP contribution >= 0.6 is 0 Å². The zero-order valence-electron chi connectivity index (χ0n) is 11.6. The molecule has 1 fully saturated rings. The first-order valence-electron chi connectivity index (χ1n) is 6.81. The maximum Gasteiger partial charge on any atom is 0.314 e. The SMILES string of the molecule is CC=CC(=O)N1CCC(C(=O)O)(c2ccccc2)CC1. The number of nitrogens with zero attached hydrogens (tertiary/aromatic N) is 1. The number of amides is 1. The highest BCUT2D eigenvalue weighted by molar-refractivity contribution is 5.88. The second kappa shape index (κ2) is 5.90. The van der Waals surface area contributed by atoms with Gasteiger partial charge < -0.3 is 10.0 Å². The topological polar surface area (TPSA) is 57.6 Å². The number of aliphatic carboxylic acids is 1. The number of carboxylic acids is 1. The molecule has 1 N–H and O–H groups in total. The fraction of sp³-hybridized carbons (Fsp3) is 0.375. The monoisotopic (exact) mass is 273 g/mol. The molecule has 0 spiro atoms. The second-order valence-electron chi connectivity index (χ2n) is 5.08. The van der Waals surface area contributed by atoms with E-state index in [0.717, 1.165) is 5.56 Å². The number of benzene rings is 1. The van der Waals surface area contributed by atoms with E-state index in [-0.39, 0.29) is 5.91 Å². The van der Waals surface area contributed by atoms with Gasteiger partial charge in [-0.1, -0.05) is 36.4 Å². The molecule has 1 aromatic rings. The lowest BCUT2D eigenvalue weighted by Crippen LogP contribution is -2.48. The molecule has 0 radical (unpaired) electrons. The van der Waals surface area contributed by atoms with E-state index in [0.29, 0.717) is 25.9 Å². The molecule has 1 saturated heterocycles. The van der Waals surface area contributed by atoms with Gasteiger partial charge in [-0.15, -0.1) is 0 Å². The van der Waals surface area contributed by atoms with Gasteiger partial charge in [0.2, 0.25) is 5.91 Å². The molecular weight excluding hydrogens is 254 g/mol. The van der Waals surface area contributed by atoms with Crippen molar-refractivity contribution in [2.45, 2.75) is 25.2 Å². The summed E-state index contributed by atoms with van der Waals surface area (Å²) in [4.78, 5) is 25.3. The van der Waals surface area contributed by atoms with E-state index in [2.05, 4.69) is 0 Å². The summed E-state index contributed by atoms with van der Waals surface area (Å²) in [5.74, 6) is -0.846. The van der Waals surface area contributed by atoms with Crippen molar-refractivity contribution in [2.75, 3.05) is 13.1 Å². The minimum absolute atomic E-state index is 0.0421. The van der Waals surface area contributed by atoms with Crippen LogP contribution in [0.2, 0.25) is 0 Å². The first-order valence-corrected chi connectivity index (χ1v) is 6.81. The number of allylic oxidation sites excluding steroid dienone is 1. The van der Waals surface area contributed by atoms with Crippen LogP contribution in [-0.2, 0) is 15.0 Å². The third-order valence-corrected chi connectivity index (χ3v) is 3.97. The molecule has 0 bridgehead atoms. The molecule has 1 aromatic carbocycles. The Balaban J connectivity index is 2.19. The smallest absolute Gasteiger partial charge is 0.314 e. The van der Waals surface area contributed by atoms with Gasteiger partial charge in [0.1, 0.15) is 0 Å². The Morgan fingerprint density at radius 3 is 2.30 bits per heavy atom. The minimum Gasteiger partial charge on any atom is -0.481 e. The molecule has 4 heteroatoms. The molecule has 0 atom stereocenters. The van der Waals surface area contributed by atoms with Crippen LogP contribution in [0.25, 0.3) is 0 Å². The van der Waals surface area contributed by atoms with Crippen LogP contribution in [0.15, 0.2) is 42.5 Å². The lowest BCUT2D eigenvalue weighted by atomic mass is 9.73. The number of piperidine rings is 1. The molecule has 0 aliphatic carbocycles. The number of hydrogen-bond donors (Lipinski definition) is 1. The Bertz CT molecular complexity index is 514. The second-order valence-corrected chi connectivity index (χ2v) is 5.08. The van der Waals surface area contributed by atoms with Gasteiger partial charge in [0.15, 0.2) is 0 Å². The molecule has 106 valence electrons. The van der Waals surface area contributed by atoms with Crippen LogP contribution in [0.5, 0.6) is 0 Å². The highest BCUT2D eigenvalue weighted by atomic mass is 16.4. The standard InChI is InChI=1S/C16H19NO3/c1-2-6-14(18)17-11-9-16(10-12-17,15(19)20)13-7-4-3-5-8-13/h2-8H,9-12H2,1H3,(H,19,20). The van der Waals surface area contributed by atoms with E-state index in [1.807, 2.05) is 30.3 Å². The zero-order chi connectivity index (χ0) is 14.6. The predicted octanol–water partition coefficient (Wildman–Crippen LogP) is 2.21. The summed E-state index contributed by atoms with van der Waals surface area (Å²) in [6, 6.07) is 9.31. The van der Waals surface area contributed by atoms with Crippen LogP contribution in [0.3, 0.4) is 0 Å². The molecule has 20 heavy (non-hydrogen) atoms. The molecule has 1 aliphatic heterocycles. The summed E-state index contributed by atoms with van der Waals surface area (Å²) < 4.78 is 0. The van der Waals surface area contributed by atoms with Crippen molar-refractivity contribution in [3.05, 3.63) is 48.0 Å². The van der Waals surface area contributed by atoms with Gasteiger partial charge in [0.05, 0.1) is 5.41 Å². The van der Waals surface area contributed by atoms with Gasteiger partial charge in [0, 0.05) is 13.1 Å². The van der Waals surface area contributed by atoms with E-state index in [1.165, 1.54) is 6.08 Å². The van der Waals surface area contributed by atoms with Crippen molar-refractivity contribution in [2.24, 2.45) is 0 Å². The van der Waals surface area contributed by atoms with Gasteiger partial charge in [-0.2, -0.15) is 0 Å². The number of carbonyl (C=O) groups excluding carboxylic acids is 1. The molecular formula is C16H19NO3. The Hall–Kier alpha value is -2.10. The normalized spacial score (nSPS) is 18.1. The maximum atomic E-state index is 11.8. The first kappa shape index (κ1) is 14.3. The Morgan fingerprint density at radius 2 is 1.80 bits per heavy atom. The number of carbonyl (C=O) groups is 2. The van der Waals surface area contributed by atoms with Gasteiger partial charge in [-0.25, -0.2) is 0 Å². The van der Waals surface area contributed by atoms with Crippen molar-refractivity contribution in [1.82, 2.24) is 4.90 Å². The van der Waals surface area contributed by atoms with E-state index in [9.17, 15) is 14.7 Å². The van der Waals surface area contributed by atoms with Crippen molar-refractivity contribution in [3.8, 4) is 0 Å². The predicted molar refractivity (Wildman–Crippen MR) is 76.4 cm³/mol. The van der Waals surface area contributed by atoms with Crippen molar-refractivity contribution in [1.29, 1.82) is 0 Å². The molecule has 0 aromatic heterocycles. The largest absolute Gasteiger partial charge is 0.481 e. The van der Waals surface area contributed by atoms with Crippen LogP contribution in [-0.4, -0.2) is 35.0 Å². The van der Waals surface area contributed by atoms with Crippen molar-refractivity contribution in [3.63, 3.8) is 0 Å². The summed E-state index contributed by atoms with van der Waals surface area (Å²) in [5, 5.41) is 9.65. The molecule has 1 heterocycles. The lowest BCUT2D eigenvalue weighted by Gasteiger charge is -2.38. The van der Waals surface area contributed by atoms with Crippen LogP contribution < -0.4 is 0 Å². The van der Waals surface area contributed by atoms with Gasteiger partial charge in [0.25, 0.3) is 0 Å². The third-order valence-electron chi connectivity index (χ3n) is 3.97. The highest BCUT2D eigenvalue weighted by Gasteiger charge is 2.43. The summed E-state index contributed by atoms with van der Waals surface area (Å²) >= 11 is 0. The van der Waals surface area contributed by atoms with E-state index in [1.54, 1.807) is 17.9 Å². The minimum atomic E-state index is -0.867. The fourth-order valence-electron chi connectivity index (χ4n) is 2.74. The number of carboxylic acid groups (broad SMARTS) is 1. The first-order chi connectivity index (χ1) is 9.60. The number of likely N-dealkylation sites (tertiary alicyclic amines) is 1. The average molecular weight is 273 g/mol. The lowest BCUT2D eigenvalue weighted by molar-refractivity contribution is -0.147. The third kappa shape index (κ3) is 2.59. The fourth-order valence-corrected chi connectivity index (χ4v) is 2.74. The zero-order valence-corrected chi connectivity index (χ0v) is 11.6. The molecule has 1 amide bonds. The highest BCUT2D eigenvalue weighted by Crippen LogP contribution is 2.35. The van der Waals surface area contributed by atoms with Crippen LogP contribution in [0.4, 0.5) is 0 Å². The van der Waals surface area contributed by atoms with Crippen molar-refractivity contribution < 1.29 is 14.7 Å². The van der Waals surface area contributed by atoms with Gasteiger partial charge >= 0.3 is 5.97 Å². The maximum absolute atomic E-state index is 11.8. The van der Waals surface area contributed by atoms with E-state index >= 15 is 0 Å². The molecule has 1 aliphatic rings. The van der Waals surface area contributed by atoms with E-state index < -0.39 is 11.4 Å².